The van der Waals surface area contributed by atoms with Crippen LogP contribution in [0.4, 0.5) is 0 Å². The highest BCUT2D eigenvalue weighted by molar-refractivity contribution is 9.10. The van der Waals surface area contributed by atoms with Crippen LogP contribution in [-0.4, -0.2) is 52.6 Å². The van der Waals surface area contributed by atoms with Gasteiger partial charge in [0, 0.05) is 18.1 Å². The number of hydrogen-bond donors (Lipinski definition) is 1. The number of carbonyl (C=O) groups excluding carboxylic acids is 1. The number of ether oxygens (including phenoxy) is 1. The number of carboxylic acid groups (broad SMARTS) is 1. The molecule has 2 rings (SSSR count). The van der Waals surface area contributed by atoms with Crippen LogP contribution in [0.3, 0.4) is 0 Å². The maximum absolute atomic E-state index is 12.2. The van der Waals surface area contributed by atoms with Crippen molar-refractivity contribution in [1.29, 1.82) is 0 Å². The summed E-state index contributed by atoms with van der Waals surface area (Å²) in [7, 11) is 0. The minimum atomic E-state index is -0.966. The largest absolute Gasteiger partial charge is 0.483 e. The third-order valence-corrected chi connectivity index (χ3v) is 4.81. The molecule has 1 aliphatic heterocycles. The lowest BCUT2D eigenvalue weighted by Crippen LogP contribution is -2.51. The molecule has 1 aliphatic rings. The van der Waals surface area contributed by atoms with Gasteiger partial charge in [-0.3, -0.25) is 4.79 Å². The fourth-order valence-electron chi connectivity index (χ4n) is 2.05. The Kier molecular flexibility index (Phi) is 5.52. The van der Waals surface area contributed by atoms with Crippen molar-refractivity contribution in [2.24, 2.45) is 0 Å². The van der Waals surface area contributed by atoms with Crippen LogP contribution in [0, 0.1) is 6.92 Å². The standard InChI is InChI=1S/C14H16BrNO4S/c1-9-2-3-12(10(15)6-9)20-7-13(17)16-4-5-21-8-11(16)14(18)19/h2-3,6,11H,4-5,7-8H2,1H3,(H,18,19). The van der Waals surface area contributed by atoms with E-state index in [0.717, 1.165) is 15.8 Å². The topological polar surface area (TPSA) is 66.8 Å². The summed E-state index contributed by atoms with van der Waals surface area (Å²) in [6, 6.07) is 4.81. The molecule has 114 valence electrons. The summed E-state index contributed by atoms with van der Waals surface area (Å²) in [4.78, 5) is 24.7. The van der Waals surface area contributed by atoms with Crippen LogP contribution < -0.4 is 4.74 Å². The summed E-state index contributed by atoms with van der Waals surface area (Å²) >= 11 is 4.93. The van der Waals surface area contributed by atoms with Crippen molar-refractivity contribution >= 4 is 39.6 Å². The molecule has 0 aliphatic carbocycles. The molecule has 1 amide bonds. The van der Waals surface area contributed by atoms with Crippen molar-refractivity contribution in [3.05, 3.63) is 28.2 Å². The van der Waals surface area contributed by atoms with Gasteiger partial charge in [0.1, 0.15) is 11.8 Å². The predicted molar refractivity (Wildman–Crippen MR) is 84.8 cm³/mol. The quantitative estimate of drug-likeness (QED) is 0.875. The van der Waals surface area contributed by atoms with Gasteiger partial charge < -0.3 is 14.7 Å². The van der Waals surface area contributed by atoms with Gasteiger partial charge in [0.15, 0.2) is 6.61 Å². The van der Waals surface area contributed by atoms with E-state index in [-0.39, 0.29) is 12.5 Å². The summed E-state index contributed by atoms with van der Waals surface area (Å²) in [6.07, 6.45) is 0. The number of rotatable bonds is 4. The number of nitrogens with zero attached hydrogens (tertiary/aromatic N) is 1. The third kappa shape index (κ3) is 4.14. The maximum atomic E-state index is 12.2. The molecular weight excluding hydrogens is 358 g/mol. The average Bonchev–Trinajstić information content (AvgIpc) is 2.46. The Morgan fingerprint density at radius 3 is 2.95 bits per heavy atom. The van der Waals surface area contributed by atoms with E-state index in [0.29, 0.717) is 18.0 Å². The van der Waals surface area contributed by atoms with Crippen molar-refractivity contribution < 1.29 is 19.4 Å². The fraction of sp³-hybridized carbons (Fsp3) is 0.429. The number of amides is 1. The first kappa shape index (κ1) is 16.2. The van der Waals surface area contributed by atoms with Crippen molar-refractivity contribution in [2.45, 2.75) is 13.0 Å². The number of thioether (sulfide) groups is 1. The molecule has 0 radical (unpaired) electrons. The van der Waals surface area contributed by atoms with E-state index in [4.69, 9.17) is 9.84 Å². The predicted octanol–water partition coefficient (Wildman–Crippen LogP) is 2.16. The minimum Gasteiger partial charge on any atom is -0.483 e. The Morgan fingerprint density at radius 1 is 1.52 bits per heavy atom. The number of carbonyl (C=O) groups is 2. The molecule has 1 unspecified atom stereocenters. The van der Waals surface area contributed by atoms with Crippen LogP contribution >= 0.6 is 27.7 Å². The van der Waals surface area contributed by atoms with Gasteiger partial charge in [-0.1, -0.05) is 6.07 Å². The molecule has 7 heteroatoms. The van der Waals surface area contributed by atoms with Crippen LogP contribution in [0.2, 0.25) is 0 Å². The lowest BCUT2D eigenvalue weighted by atomic mass is 10.2. The molecule has 1 heterocycles. The second-order valence-corrected chi connectivity index (χ2v) is 6.74. The number of aliphatic carboxylic acids is 1. The summed E-state index contributed by atoms with van der Waals surface area (Å²) in [5, 5.41) is 9.16. The molecule has 1 saturated heterocycles. The zero-order chi connectivity index (χ0) is 15.4. The molecule has 1 fully saturated rings. The molecule has 1 N–H and O–H groups in total. The van der Waals surface area contributed by atoms with E-state index >= 15 is 0 Å². The first-order chi connectivity index (χ1) is 9.99. The van der Waals surface area contributed by atoms with E-state index < -0.39 is 12.0 Å². The molecule has 21 heavy (non-hydrogen) atoms. The summed E-state index contributed by atoms with van der Waals surface area (Å²) < 4.78 is 6.27. The molecule has 0 spiro atoms. The van der Waals surface area contributed by atoms with E-state index in [9.17, 15) is 9.59 Å². The normalized spacial score (nSPS) is 18.4. The Bertz CT molecular complexity index is 552. The zero-order valence-electron chi connectivity index (χ0n) is 11.5. The van der Waals surface area contributed by atoms with E-state index in [1.54, 1.807) is 17.8 Å². The van der Waals surface area contributed by atoms with Crippen LogP contribution in [0.15, 0.2) is 22.7 Å². The number of hydrogen-bond acceptors (Lipinski definition) is 4. The van der Waals surface area contributed by atoms with Gasteiger partial charge in [-0.25, -0.2) is 4.79 Å². The Hall–Kier alpha value is -1.21. The van der Waals surface area contributed by atoms with Crippen LogP contribution in [0.5, 0.6) is 5.75 Å². The van der Waals surface area contributed by atoms with Gasteiger partial charge in [0.05, 0.1) is 4.47 Å². The third-order valence-electron chi connectivity index (χ3n) is 3.17. The average molecular weight is 374 g/mol. The first-order valence-corrected chi connectivity index (χ1v) is 8.43. The smallest absolute Gasteiger partial charge is 0.327 e. The number of aryl methyl sites for hydroxylation is 1. The fourth-order valence-corrected chi connectivity index (χ4v) is 3.70. The molecule has 5 nitrogen and oxygen atoms in total. The van der Waals surface area contributed by atoms with Crippen molar-refractivity contribution in [3.8, 4) is 5.75 Å². The highest BCUT2D eigenvalue weighted by Gasteiger charge is 2.32. The number of carboxylic acids is 1. The van der Waals surface area contributed by atoms with Gasteiger partial charge in [0.25, 0.3) is 5.91 Å². The first-order valence-electron chi connectivity index (χ1n) is 6.48. The van der Waals surface area contributed by atoms with Gasteiger partial charge in [-0.15, -0.1) is 0 Å². The lowest BCUT2D eigenvalue weighted by Gasteiger charge is -2.32. The molecule has 0 aromatic heterocycles. The Morgan fingerprint density at radius 2 is 2.29 bits per heavy atom. The summed E-state index contributed by atoms with van der Waals surface area (Å²) in [5.74, 6) is 0.494. The molecular formula is C14H16BrNO4S. The van der Waals surface area contributed by atoms with Gasteiger partial charge in [0.2, 0.25) is 0 Å². The number of halogens is 1. The van der Waals surface area contributed by atoms with Gasteiger partial charge in [-0.05, 0) is 40.5 Å². The highest BCUT2D eigenvalue weighted by Crippen LogP contribution is 2.26. The molecule has 1 aromatic carbocycles. The van der Waals surface area contributed by atoms with E-state index in [1.807, 2.05) is 19.1 Å². The second-order valence-electron chi connectivity index (χ2n) is 4.74. The van der Waals surface area contributed by atoms with Crippen molar-refractivity contribution in [2.75, 3.05) is 24.7 Å². The zero-order valence-corrected chi connectivity index (χ0v) is 13.9. The molecule has 0 saturated carbocycles. The lowest BCUT2D eigenvalue weighted by molar-refractivity contribution is -0.150. The van der Waals surface area contributed by atoms with Crippen molar-refractivity contribution in [3.63, 3.8) is 0 Å². The van der Waals surface area contributed by atoms with Crippen LogP contribution in [-0.2, 0) is 9.59 Å². The monoisotopic (exact) mass is 373 g/mol. The van der Waals surface area contributed by atoms with E-state index in [2.05, 4.69) is 15.9 Å². The molecule has 1 atom stereocenters. The molecule has 0 bridgehead atoms. The van der Waals surface area contributed by atoms with Crippen LogP contribution in [0.25, 0.3) is 0 Å². The SMILES string of the molecule is Cc1ccc(OCC(=O)N2CCSCC2C(=O)O)c(Br)c1. The van der Waals surface area contributed by atoms with Gasteiger partial charge >= 0.3 is 5.97 Å². The second kappa shape index (κ2) is 7.17. The van der Waals surface area contributed by atoms with E-state index in [1.165, 1.54) is 4.90 Å². The Balaban J connectivity index is 1.98. The summed E-state index contributed by atoms with van der Waals surface area (Å²) in [6.45, 7) is 2.25. The van der Waals surface area contributed by atoms with Gasteiger partial charge in [-0.2, -0.15) is 11.8 Å². The Labute approximate surface area is 135 Å². The minimum absolute atomic E-state index is 0.157. The number of benzene rings is 1. The summed E-state index contributed by atoms with van der Waals surface area (Å²) in [5.41, 5.74) is 1.08. The van der Waals surface area contributed by atoms with Crippen LogP contribution in [0.1, 0.15) is 5.56 Å². The molecule has 1 aromatic rings. The van der Waals surface area contributed by atoms with Crippen molar-refractivity contribution in [1.82, 2.24) is 4.90 Å². The maximum Gasteiger partial charge on any atom is 0.327 e. The highest BCUT2D eigenvalue weighted by atomic mass is 79.9.